The predicted molar refractivity (Wildman–Crippen MR) is 81.7 cm³/mol. The van der Waals surface area contributed by atoms with Gasteiger partial charge in [-0.2, -0.15) is 11.3 Å². The van der Waals surface area contributed by atoms with Gasteiger partial charge in [-0.3, -0.25) is 4.90 Å². The second kappa shape index (κ2) is 6.48. The van der Waals surface area contributed by atoms with Gasteiger partial charge >= 0.3 is 0 Å². The lowest BCUT2D eigenvalue weighted by Gasteiger charge is -2.26. The Morgan fingerprint density at radius 2 is 2.00 bits per heavy atom. The highest BCUT2D eigenvalue weighted by atomic mass is 79.9. The molecule has 0 aliphatic heterocycles. The monoisotopic (exact) mass is 324 g/mol. The van der Waals surface area contributed by atoms with Crippen molar-refractivity contribution >= 4 is 27.3 Å². The fourth-order valence-corrected chi connectivity index (χ4v) is 2.99. The lowest BCUT2D eigenvalue weighted by Crippen LogP contribution is -2.29. The molecule has 1 atom stereocenters. The van der Waals surface area contributed by atoms with Crippen LogP contribution in [0.15, 0.2) is 45.6 Å². The summed E-state index contributed by atoms with van der Waals surface area (Å²) in [6, 6.07) is 10.9. The third-order valence-electron chi connectivity index (χ3n) is 3.03. The van der Waals surface area contributed by atoms with Gasteiger partial charge in [0.25, 0.3) is 0 Å². The zero-order chi connectivity index (χ0) is 13.0. The first-order chi connectivity index (χ1) is 8.70. The van der Waals surface area contributed by atoms with Gasteiger partial charge in [-0.05, 0) is 47.1 Å². The van der Waals surface area contributed by atoms with Gasteiger partial charge in [0.1, 0.15) is 0 Å². The number of nitrogens with zero attached hydrogens (tertiary/aromatic N) is 1. The Morgan fingerprint density at radius 3 is 2.56 bits per heavy atom. The summed E-state index contributed by atoms with van der Waals surface area (Å²) >= 11 is 5.17. The number of rotatable bonds is 5. The van der Waals surface area contributed by atoms with E-state index in [0.717, 1.165) is 11.0 Å². The van der Waals surface area contributed by atoms with Crippen LogP contribution in [0, 0.1) is 0 Å². The van der Waals surface area contributed by atoms with Crippen molar-refractivity contribution in [1.29, 1.82) is 0 Å². The largest absolute Gasteiger partial charge is 0.329 e. The van der Waals surface area contributed by atoms with Gasteiger partial charge in [-0.1, -0.05) is 28.1 Å². The molecule has 0 aliphatic rings. The van der Waals surface area contributed by atoms with Gasteiger partial charge in [0.15, 0.2) is 0 Å². The third-order valence-corrected chi connectivity index (χ3v) is 4.26. The predicted octanol–water partition coefficient (Wildman–Crippen LogP) is 3.64. The molecule has 4 heteroatoms. The summed E-state index contributed by atoms with van der Waals surface area (Å²) in [6.07, 6.45) is 0. The molecular formula is C14H17BrN2S. The molecule has 1 unspecified atom stereocenters. The van der Waals surface area contributed by atoms with E-state index in [2.05, 4.69) is 69.0 Å². The van der Waals surface area contributed by atoms with Crippen LogP contribution in [0.2, 0.25) is 0 Å². The van der Waals surface area contributed by atoms with E-state index in [4.69, 9.17) is 5.73 Å². The number of nitrogens with two attached hydrogens (primary N) is 1. The smallest absolute Gasteiger partial charge is 0.0479 e. The number of halogens is 1. The number of benzene rings is 1. The Hall–Kier alpha value is -0.680. The summed E-state index contributed by atoms with van der Waals surface area (Å²) < 4.78 is 1.11. The molecule has 0 fully saturated rings. The molecule has 0 spiro atoms. The van der Waals surface area contributed by atoms with E-state index in [9.17, 15) is 0 Å². The van der Waals surface area contributed by atoms with Gasteiger partial charge in [0, 0.05) is 23.6 Å². The zero-order valence-corrected chi connectivity index (χ0v) is 12.7. The number of hydrogen-bond acceptors (Lipinski definition) is 3. The van der Waals surface area contributed by atoms with Crippen molar-refractivity contribution in [2.24, 2.45) is 5.73 Å². The molecule has 1 aromatic carbocycles. The maximum Gasteiger partial charge on any atom is 0.0479 e. The standard InChI is InChI=1S/C14H17BrN2S/c1-17(9-11-2-4-13(15)5-3-11)14(8-16)12-6-7-18-10-12/h2-7,10,14H,8-9,16H2,1H3. The van der Waals surface area contributed by atoms with Crippen LogP contribution in [0.3, 0.4) is 0 Å². The first-order valence-electron chi connectivity index (χ1n) is 5.87. The van der Waals surface area contributed by atoms with E-state index in [-0.39, 0.29) is 0 Å². The lowest BCUT2D eigenvalue weighted by atomic mass is 10.1. The molecule has 0 aliphatic carbocycles. The van der Waals surface area contributed by atoms with Crippen LogP contribution >= 0.6 is 27.3 Å². The minimum atomic E-state index is 0.292. The van der Waals surface area contributed by atoms with E-state index in [0.29, 0.717) is 12.6 Å². The van der Waals surface area contributed by atoms with E-state index in [1.54, 1.807) is 11.3 Å². The van der Waals surface area contributed by atoms with Crippen LogP contribution in [0.1, 0.15) is 17.2 Å². The maximum atomic E-state index is 5.90. The van der Waals surface area contributed by atoms with E-state index in [1.165, 1.54) is 11.1 Å². The van der Waals surface area contributed by atoms with Crippen molar-refractivity contribution in [2.75, 3.05) is 13.6 Å². The highest BCUT2D eigenvalue weighted by molar-refractivity contribution is 9.10. The highest BCUT2D eigenvalue weighted by Crippen LogP contribution is 2.22. The lowest BCUT2D eigenvalue weighted by molar-refractivity contribution is 0.242. The number of hydrogen-bond donors (Lipinski definition) is 1. The molecule has 96 valence electrons. The quantitative estimate of drug-likeness (QED) is 0.909. The molecule has 0 bridgehead atoms. The first kappa shape index (κ1) is 13.7. The Kier molecular flexibility index (Phi) is 4.95. The second-order valence-corrected chi connectivity index (χ2v) is 6.05. The summed E-state index contributed by atoms with van der Waals surface area (Å²) in [5.74, 6) is 0. The Bertz CT molecular complexity index is 467. The topological polar surface area (TPSA) is 29.3 Å². The summed E-state index contributed by atoms with van der Waals surface area (Å²) in [5, 5.41) is 4.28. The second-order valence-electron chi connectivity index (χ2n) is 4.35. The van der Waals surface area contributed by atoms with Crippen LogP contribution < -0.4 is 5.73 Å². The van der Waals surface area contributed by atoms with Crippen LogP contribution in [-0.2, 0) is 6.54 Å². The molecular weight excluding hydrogens is 308 g/mol. The minimum absolute atomic E-state index is 0.292. The SMILES string of the molecule is CN(Cc1ccc(Br)cc1)C(CN)c1ccsc1. The summed E-state index contributed by atoms with van der Waals surface area (Å²) in [6.45, 7) is 1.55. The summed E-state index contributed by atoms with van der Waals surface area (Å²) in [4.78, 5) is 2.30. The van der Waals surface area contributed by atoms with Gasteiger partial charge < -0.3 is 5.73 Å². The number of thiophene rings is 1. The Labute approximate surface area is 121 Å². The number of likely N-dealkylation sites (N-methyl/N-ethyl adjacent to an activating group) is 1. The van der Waals surface area contributed by atoms with Gasteiger partial charge in [0.2, 0.25) is 0 Å². The van der Waals surface area contributed by atoms with Crippen molar-refractivity contribution in [2.45, 2.75) is 12.6 Å². The van der Waals surface area contributed by atoms with Gasteiger partial charge in [-0.25, -0.2) is 0 Å². The molecule has 1 heterocycles. The van der Waals surface area contributed by atoms with Crippen LogP contribution in [0.4, 0.5) is 0 Å². The van der Waals surface area contributed by atoms with E-state index < -0.39 is 0 Å². The zero-order valence-electron chi connectivity index (χ0n) is 10.3. The normalized spacial score (nSPS) is 12.9. The molecule has 2 N–H and O–H groups in total. The van der Waals surface area contributed by atoms with E-state index >= 15 is 0 Å². The third kappa shape index (κ3) is 3.42. The highest BCUT2D eigenvalue weighted by Gasteiger charge is 2.15. The van der Waals surface area contributed by atoms with Crippen molar-refractivity contribution in [3.8, 4) is 0 Å². The molecule has 2 rings (SSSR count). The molecule has 0 amide bonds. The Morgan fingerprint density at radius 1 is 1.28 bits per heavy atom. The van der Waals surface area contributed by atoms with Crippen LogP contribution in [0.25, 0.3) is 0 Å². The molecule has 2 nitrogen and oxygen atoms in total. The van der Waals surface area contributed by atoms with Crippen molar-refractivity contribution in [1.82, 2.24) is 4.90 Å². The van der Waals surface area contributed by atoms with Crippen molar-refractivity contribution in [3.63, 3.8) is 0 Å². The fourth-order valence-electron chi connectivity index (χ4n) is 2.02. The van der Waals surface area contributed by atoms with Crippen LogP contribution in [-0.4, -0.2) is 18.5 Å². The fraction of sp³-hybridized carbons (Fsp3) is 0.286. The van der Waals surface area contributed by atoms with Gasteiger partial charge in [-0.15, -0.1) is 0 Å². The van der Waals surface area contributed by atoms with Crippen molar-refractivity contribution in [3.05, 3.63) is 56.7 Å². The molecule has 18 heavy (non-hydrogen) atoms. The Balaban J connectivity index is 2.06. The van der Waals surface area contributed by atoms with Gasteiger partial charge in [0.05, 0.1) is 0 Å². The minimum Gasteiger partial charge on any atom is -0.329 e. The van der Waals surface area contributed by atoms with Crippen LogP contribution in [0.5, 0.6) is 0 Å². The maximum absolute atomic E-state index is 5.90. The first-order valence-corrected chi connectivity index (χ1v) is 7.61. The summed E-state index contributed by atoms with van der Waals surface area (Å²) in [7, 11) is 2.12. The average Bonchev–Trinajstić information content (AvgIpc) is 2.87. The molecule has 0 saturated heterocycles. The van der Waals surface area contributed by atoms with E-state index in [1.807, 2.05) is 0 Å². The molecule has 0 radical (unpaired) electrons. The summed E-state index contributed by atoms with van der Waals surface area (Å²) in [5.41, 5.74) is 8.51. The molecule has 2 aromatic rings. The average molecular weight is 325 g/mol. The molecule has 0 saturated carbocycles. The molecule has 1 aromatic heterocycles. The van der Waals surface area contributed by atoms with Crippen molar-refractivity contribution < 1.29 is 0 Å².